The molecular weight excluding hydrogens is 212 g/mol. The van der Waals surface area contributed by atoms with Crippen LogP contribution in [-0.2, 0) is 10.0 Å². The number of nitrogens with zero attached hydrogens (tertiary/aromatic N) is 2. The minimum absolute atomic E-state index is 0.190. The monoisotopic (exact) mass is 228 g/mol. The van der Waals surface area contributed by atoms with Crippen molar-refractivity contribution in [1.29, 1.82) is 0 Å². The lowest BCUT2D eigenvalue weighted by Gasteiger charge is -2.20. The molecule has 0 saturated carbocycles. The zero-order valence-corrected chi connectivity index (χ0v) is 10.2. The van der Waals surface area contributed by atoms with Gasteiger partial charge in [0.05, 0.1) is 18.2 Å². The van der Waals surface area contributed by atoms with Gasteiger partial charge in [-0.15, -0.1) is 0 Å². The Labute approximate surface area is 91.1 Å². The van der Waals surface area contributed by atoms with Crippen molar-refractivity contribution in [3.8, 4) is 0 Å². The Morgan fingerprint density at radius 1 is 1.40 bits per heavy atom. The number of aliphatic imine (C=N–C) groups is 1. The summed E-state index contributed by atoms with van der Waals surface area (Å²) < 4.78 is 23.9. The Bertz CT molecular complexity index is 430. The van der Waals surface area contributed by atoms with Crippen LogP contribution in [0, 0.1) is 5.41 Å². The molecule has 0 aromatic carbocycles. The lowest BCUT2D eigenvalue weighted by atomic mass is 9.93. The number of allylic oxidation sites excluding steroid dienone is 3. The molecule has 1 aliphatic heterocycles. The van der Waals surface area contributed by atoms with Crippen LogP contribution in [0.1, 0.15) is 13.8 Å². The van der Waals surface area contributed by atoms with E-state index in [9.17, 15) is 8.42 Å². The molecule has 0 amide bonds. The average Bonchev–Trinajstić information content (AvgIpc) is 2.23. The van der Waals surface area contributed by atoms with Crippen molar-refractivity contribution in [3.05, 3.63) is 24.0 Å². The Morgan fingerprint density at radius 3 is 2.53 bits per heavy atom. The molecule has 1 aliphatic rings. The normalized spacial score (nSPS) is 19.6. The van der Waals surface area contributed by atoms with Crippen LogP contribution >= 0.6 is 0 Å². The van der Waals surface area contributed by atoms with Crippen LogP contribution in [0.15, 0.2) is 29.0 Å². The Balaban J connectivity index is 3.12. The molecule has 0 spiro atoms. The van der Waals surface area contributed by atoms with Gasteiger partial charge in [0, 0.05) is 18.7 Å². The lowest BCUT2D eigenvalue weighted by Crippen LogP contribution is -2.26. The fraction of sp³-hybridized carbons (Fsp3) is 0.500. The summed E-state index contributed by atoms with van der Waals surface area (Å²) in [6.07, 6.45) is 8.20. The zero-order chi connectivity index (χ0) is 11.7. The summed E-state index contributed by atoms with van der Waals surface area (Å²) in [4.78, 5) is 4.00. The first-order chi connectivity index (χ1) is 6.72. The van der Waals surface area contributed by atoms with Crippen LogP contribution in [0.5, 0.6) is 0 Å². The van der Waals surface area contributed by atoms with Crippen LogP contribution < -0.4 is 0 Å². The highest BCUT2D eigenvalue weighted by molar-refractivity contribution is 7.88. The minimum Gasteiger partial charge on any atom is -0.272 e. The van der Waals surface area contributed by atoms with E-state index in [2.05, 4.69) is 4.99 Å². The van der Waals surface area contributed by atoms with Gasteiger partial charge >= 0.3 is 0 Å². The van der Waals surface area contributed by atoms with Gasteiger partial charge in [-0.2, -0.15) is 0 Å². The maximum absolute atomic E-state index is 11.4. The first kappa shape index (κ1) is 12.0. The molecule has 0 aromatic rings. The van der Waals surface area contributed by atoms with Gasteiger partial charge in [-0.3, -0.25) is 9.30 Å². The second kappa shape index (κ2) is 3.81. The Hall–Kier alpha value is -1.10. The molecule has 0 N–H and O–H groups in total. The van der Waals surface area contributed by atoms with Crippen molar-refractivity contribution < 1.29 is 8.42 Å². The number of rotatable bonds is 2. The van der Waals surface area contributed by atoms with Gasteiger partial charge in [-0.05, 0) is 6.08 Å². The summed E-state index contributed by atoms with van der Waals surface area (Å²) in [5.41, 5.74) is 0.401. The Kier molecular flexibility index (Phi) is 3.04. The number of hydrogen-bond donors (Lipinski definition) is 0. The third-order valence-corrected chi connectivity index (χ3v) is 3.38. The molecule has 0 bridgehead atoms. The van der Waals surface area contributed by atoms with E-state index in [4.69, 9.17) is 0 Å². The van der Waals surface area contributed by atoms with Crippen molar-refractivity contribution in [2.45, 2.75) is 13.8 Å². The summed E-state index contributed by atoms with van der Waals surface area (Å²) in [6.45, 7) is 3.99. The first-order valence-electron chi connectivity index (χ1n) is 4.60. The molecule has 0 unspecified atom stereocenters. The van der Waals surface area contributed by atoms with Crippen molar-refractivity contribution in [2.24, 2.45) is 10.4 Å². The van der Waals surface area contributed by atoms with Crippen molar-refractivity contribution in [2.75, 3.05) is 13.3 Å². The maximum atomic E-state index is 11.4. The summed E-state index contributed by atoms with van der Waals surface area (Å²) in [7, 11) is -1.70. The van der Waals surface area contributed by atoms with E-state index in [1.807, 2.05) is 26.0 Å². The van der Waals surface area contributed by atoms with E-state index in [1.165, 1.54) is 17.6 Å². The van der Waals surface area contributed by atoms with Gasteiger partial charge in [0.2, 0.25) is 10.0 Å². The summed E-state index contributed by atoms with van der Waals surface area (Å²) in [6, 6.07) is 0. The predicted molar refractivity (Wildman–Crippen MR) is 62.1 cm³/mol. The van der Waals surface area contributed by atoms with E-state index in [-0.39, 0.29) is 5.41 Å². The van der Waals surface area contributed by atoms with Gasteiger partial charge in [0.1, 0.15) is 0 Å². The van der Waals surface area contributed by atoms with E-state index in [0.29, 0.717) is 5.70 Å². The zero-order valence-electron chi connectivity index (χ0n) is 9.43. The third-order valence-electron chi connectivity index (χ3n) is 2.18. The Morgan fingerprint density at radius 2 is 2.00 bits per heavy atom. The van der Waals surface area contributed by atoms with E-state index >= 15 is 0 Å². The van der Waals surface area contributed by atoms with Crippen LogP contribution in [0.25, 0.3) is 0 Å². The average molecular weight is 228 g/mol. The molecule has 0 aliphatic carbocycles. The van der Waals surface area contributed by atoms with Crippen molar-refractivity contribution >= 4 is 16.2 Å². The lowest BCUT2D eigenvalue weighted by molar-refractivity contribution is 0.532. The van der Waals surface area contributed by atoms with E-state index in [1.54, 1.807) is 12.4 Å². The highest BCUT2D eigenvalue weighted by Crippen LogP contribution is 2.24. The molecule has 0 atom stereocenters. The van der Waals surface area contributed by atoms with Gasteiger partial charge in [-0.25, -0.2) is 8.42 Å². The fourth-order valence-corrected chi connectivity index (χ4v) is 1.67. The van der Waals surface area contributed by atoms with Crippen molar-refractivity contribution in [1.82, 2.24) is 4.31 Å². The second-order valence-electron chi connectivity index (χ2n) is 4.21. The summed E-state index contributed by atoms with van der Waals surface area (Å²) in [5.74, 6) is 0. The predicted octanol–water partition coefficient (Wildman–Crippen LogP) is 1.39. The molecule has 1 heterocycles. The second-order valence-corrected chi connectivity index (χ2v) is 6.23. The molecule has 84 valence electrons. The summed E-state index contributed by atoms with van der Waals surface area (Å²) in [5, 5.41) is 0. The van der Waals surface area contributed by atoms with Crippen LogP contribution in [0.4, 0.5) is 0 Å². The van der Waals surface area contributed by atoms with Gasteiger partial charge in [0.15, 0.2) is 0 Å². The van der Waals surface area contributed by atoms with Crippen LogP contribution in [-0.4, -0.2) is 32.2 Å². The van der Waals surface area contributed by atoms with Crippen LogP contribution in [0.3, 0.4) is 0 Å². The largest absolute Gasteiger partial charge is 0.272 e. The molecule has 0 fully saturated rings. The van der Waals surface area contributed by atoms with Crippen LogP contribution in [0.2, 0.25) is 0 Å². The maximum Gasteiger partial charge on any atom is 0.232 e. The number of sulfonamides is 1. The molecule has 4 nitrogen and oxygen atoms in total. The highest BCUT2D eigenvalue weighted by Gasteiger charge is 2.19. The van der Waals surface area contributed by atoms with Gasteiger partial charge in [-0.1, -0.05) is 19.9 Å². The molecule has 15 heavy (non-hydrogen) atoms. The summed E-state index contributed by atoms with van der Waals surface area (Å²) >= 11 is 0. The first-order valence-corrected chi connectivity index (χ1v) is 6.45. The van der Waals surface area contributed by atoms with Gasteiger partial charge in [0.25, 0.3) is 0 Å². The molecule has 0 aromatic heterocycles. The third kappa shape index (κ3) is 3.20. The quantitative estimate of drug-likeness (QED) is 0.717. The van der Waals surface area contributed by atoms with E-state index < -0.39 is 10.0 Å². The molecule has 0 radical (unpaired) electrons. The molecular formula is C10H16N2O2S. The smallest absolute Gasteiger partial charge is 0.232 e. The molecule has 1 rings (SSSR count). The topological polar surface area (TPSA) is 49.7 Å². The molecule has 5 heteroatoms. The van der Waals surface area contributed by atoms with Gasteiger partial charge < -0.3 is 0 Å². The standard InChI is InChI=1S/C10H16N2O2S/c1-10(2)5-6-11-8-9(7-10)12(3)15(4,13)14/h5-8H,1-4H3. The minimum atomic E-state index is -3.22. The SMILES string of the molecule is CN(C1=CC(C)(C)C=CN=C1)S(C)(=O)=O. The number of hydrogen-bond acceptors (Lipinski definition) is 3. The highest BCUT2D eigenvalue weighted by atomic mass is 32.2. The molecule has 0 saturated heterocycles. The van der Waals surface area contributed by atoms with E-state index in [0.717, 1.165) is 0 Å². The van der Waals surface area contributed by atoms with Crippen molar-refractivity contribution in [3.63, 3.8) is 0 Å². The fourth-order valence-electron chi connectivity index (χ4n) is 1.18.